The number of anilines is 1. The van der Waals surface area contributed by atoms with Gasteiger partial charge in [0.2, 0.25) is 10.0 Å². The van der Waals surface area contributed by atoms with Crippen molar-refractivity contribution in [3.63, 3.8) is 0 Å². The molecular weight excluding hydrogens is 456 g/mol. The molecule has 1 amide bonds. The number of hydrogen-bond acceptors (Lipinski definition) is 6. The Balaban J connectivity index is 1.51. The van der Waals surface area contributed by atoms with Crippen molar-refractivity contribution in [2.45, 2.75) is 38.3 Å². The fraction of sp³-hybridized carbons (Fsp3) is 0.333. The zero-order valence-electron chi connectivity index (χ0n) is 19.3. The van der Waals surface area contributed by atoms with Crippen LogP contribution in [-0.4, -0.2) is 49.2 Å². The summed E-state index contributed by atoms with van der Waals surface area (Å²) in [5, 5.41) is 3.42. The first kappa shape index (κ1) is 23.6. The number of thiazole rings is 1. The summed E-state index contributed by atoms with van der Waals surface area (Å²) in [6.07, 6.45) is 0.837. The number of aromatic nitrogens is 1. The molecule has 0 radical (unpaired) electrons. The number of nitrogens with zero attached hydrogens (tertiary/aromatic N) is 3. The third kappa shape index (κ3) is 5.01. The number of hydrogen-bond donors (Lipinski definition) is 1. The van der Waals surface area contributed by atoms with Crippen molar-refractivity contribution in [2.75, 3.05) is 26.0 Å². The van der Waals surface area contributed by atoms with Crippen LogP contribution >= 0.6 is 11.3 Å². The number of amides is 1. The van der Waals surface area contributed by atoms with E-state index in [1.54, 1.807) is 13.0 Å². The predicted molar refractivity (Wildman–Crippen MR) is 131 cm³/mol. The van der Waals surface area contributed by atoms with Crippen LogP contribution in [0.4, 0.5) is 5.13 Å². The summed E-state index contributed by atoms with van der Waals surface area (Å²) in [7, 11) is -0.690. The standard InChI is InChI=1S/C24H28N4O3S2/c1-16-12-19(13-22(17(16)2)33(30,31)27(3)4)23(29)26-24-25-20-10-11-28(15-21(20)32-24)14-18-8-6-5-7-9-18/h5-9,12-13H,10-11,14-15H2,1-4H3,(H,25,26,29). The molecule has 2 aromatic carbocycles. The van der Waals surface area contributed by atoms with E-state index in [4.69, 9.17) is 0 Å². The molecule has 0 saturated carbocycles. The van der Waals surface area contributed by atoms with Gasteiger partial charge in [0.1, 0.15) is 0 Å². The van der Waals surface area contributed by atoms with Gasteiger partial charge in [0, 0.05) is 50.6 Å². The van der Waals surface area contributed by atoms with Gasteiger partial charge in [-0.2, -0.15) is 0 Å². The van der Waals surface area contributed by atoms with E-state index in [1.165, 1.54) is 37.1 Å². The van der Waals surface area contributed by atoms with E-state index in [9.17, 15) is 13.2 Å². The van der Waals surface area contributed by atoms with Gasteiger partial charge in [0.25, 0.3) is 5.91 Å². The summed E-state index contributed by atoms with van der Waals surface area (Å²) >= 11 is 1.48. The van der Waals surface area contributed by atoms with Crippen LogP contribution in [0.1, 0.15) is 37.6 Å². The number of fused-ring (bicyclic) bond motifs is 1. The molecule has 0 unspecified atom stereocenters. The number of carbonyl (C=O) groups excluding carboxylic acids is 1. The van der Waals surface area contributed by atoms with Crippen LogP contribution in [0, 0.1) is 13.8 Å². The Bertz CT molecular complexity index is 1280. The molecule has 1 N–H and O–H groups in total. The van der Waals surface area contributed by atoms with Crippen molar-refractivity contribution in [3.8, 4) is 0 Å². The molecular formula is C24H28N4O3S2. The lowest BCUT2D eigenvalue weighted by Crippen LogP contribution is -2.29. The Morgan fingerprint density at radius 2 is 1.91 bits per heavy atom. The minimum absolute atomic E-state index is 0.146. The second kappa shape index (κ2) is 9.34. The van der Waals surface area contributed by atoms with Gasteiger partial charge < -0.3 is 0 Å². The van der Waals surface area contributed by atoms with Crippen LogP contribution in [-0.2, 0) is 29.5 Å². The van der Waals surface area contributed by atoms with Crippen LogP contribution in [0.3, 0.4) is 0 Å². The average molecular weight is 485 g/mol. The molecule has 9 heteroatoms. The van der Waals surface area contributed by atoms with Crippen LogP contribution in [0.5, 0.6) is 0 Å². The zero-order chi connectivity index (χ0) is 23.8. The van der Waals surface area contributed by atoms with Crippen LogP contribution in [0.25, 0.3) is 0 Å². The molecule has 0 fully saturated rings. The quantitative estimate of drug-likeness (QED) is 0.575. The summed E-state index contributed by atoms with van der Waals surface area (Å²) in [4.78, 5) is 21.3. The molecule has 1 aliphatic heterocycles. The third-order valence-corrected chi connectivity index (χ3v) is 8.86. The summed E-state index contributed by atoms with van der Waals surface area (Å²) in [6, 6.07) is 13.5. The van der Waals surface area contributed by atoms with Gasteiger partial charge in [0.15, 0.2) is 5.13 Å². The summed E-state index contributed by atoms with van der Waals surface area (Å²) in [6.45, 7) is 6.16. The zero-order valence-corrected chi connectivity index (χ0v) is 20.9. The fourth-order valence-electron chi connectivity index (χ4n) is 3.87. The van der Waals surface area contributed by atoms with Crippen molar-refractivity contribution in [3.05, 3.63) is 75.3 Å². The topological polar surface area (TPSA) is 82.6 Å². The molecule has 1 aliphatic rings. The van der Waals surface area contributed by atoms with E-state index < -0.39 is 10.0 Å². The summed E-state index contributed by atoms with van der Waals surface area (Å²) in [5.74, 6) is -0.361. The van der Waals surface area contributed by atoms with Crippen LogP contribution in [0.2, 0.25) is 0 Å². The molecule has 33 heavy (non-hydrogen) atoms. The summed E-state index contributed by atoms with van der Waals surface area (Å²) in [5.41, 5.74) is 3.99. The molecule has 174 valence electrons. The van der Waals surface area contributed by atoms with Crippen LogP contribution in [0.15, 0.2) is 47.4 Å². The van der Waals surface area contributed by atoms with Gasteiger partial charge >= 0.3 is 0 Å². The number of aryl methyl sites for hydroxylation is 1. The highest BCUT2D eigenvalue weighted by molar-refractivity contribution is 7.89. The first-order chi connectivity index (χ1) is 15.6. The van der Waals surface area contributed by atoms with E-state index >= 15 is 0 Å². The normalized spacial score (nSPS) is 14.3. The smallest absolute Gasteiger partial charge is 0.257 e. The largest absolute Gasteiger partial charge is 0.298 e. The maximum atomic E-state index is 13.0. The Morgan fingerprint density at radius 1 is 1.18 bits per heavy atom. The number of carbonyl (C=O) groups is 1. The van der Waals surface area contributed by atoms with Gasteiger partial charge in [-0.15, -0.1) is 11.3 Å². The van der Waals surface area contributed by atoms with Gasteiger partial charge in [-0.1, -0.05) is 30.3 Å². The van der Waals surface area contributed by atoms with Gasteiger partial charge in [-0.05, 0) is 42.7 Å². The maximum absolute atomic E-state index is 13.0. The first-order valence-corrected chi connectivity index (χ1v) is 13.0. The molecule has 0 aliphatic carbocycles. The van der Waals surface area contributed by atoms with Gasteiger partial charge in [0.05, 0.1) is 10.6 Å². The molecule has 2 heterocycles. The Hall–Kier alpha value is -2.59. The maximum Gasteiger partial charge on any atom is 0.257 e. The fourth-order valence-corrected chi connectivity index (χ4v) is 6.13. The lowest BCUT2D eigenvalue weighted by molar-refractivity contribution is 0.102. The highest BCUT2D eigenvalue weighted by Crippen LogP contribution is 2.30. The number of nitrogens with one attached hydrogen (secondary N) is 1. The van der Waals surface area contributed by atoms with Gasteiger partial charge in [-0.3, -0.25) is 15.0 Å². The molecule has 3 aromatic rings. The first-order valence-electron chi connectivity index (χ1n) is 10.7. The van der Waals surface area contributed by atoms with Crippen molar-refractivity contribution < 1.29 is 13.2 Å². The molecule has 1 aromatic heterocycles. The van der Waals surface area contributed by atoms with Crippen molar-refractivity contribution >= 4 is 32.4 Å². The third-order valence-electron chi connectivity index (χ3n) is 5.92. The lowest BCUT2D eigenvalue weighted by Gasteiger charge is -2.25. The number of sulfonamides is 1. The van der Waals surface area contributed by atoms with Crippen molar-refractivity contribution in [2.24, 2.45) is 0 Å². The molecule has 7 nitrogen and oxygen atoms in total. The van der Waals surface area contributed by atoms with Crippen molar-refractivity contribution in [1.29, 1.82) is 0 Å². The van der Waals surface area contributed by atoms with Crippen LogP contribution < -0.4 is 5.32 Å². The summed E-state index contributed by atoms with van der Waals surface area (Å²) < 4.78 is 26.6. The van der Waals surface area contributed by atoms with E-state index in [1.807, 2.05) is 25.1 Å². The lowest BCUT2D eigenvalue weighted by atomic mass is 10.1. The molecule has 0 spiro atoms. The Kier molecular flexibility index (Phi) is 6.67. The second-order valence-corrected chi connectivity index (χ2v) is 11.7. The highest BCUT2D eigenvalue weighted by atomic mass is 32.2. The minimum Gasteiger partial charge on any atom is -0.298 e. The number of rotatable bonds is 6. The van der Waals surface area contributed by atoms with Crippen molar-refractivity contribution in [1.82, 2.24) is 14.2 Å². The molecule has 0 saturated heterocycles. The van der Waals surface area contributed by atoms with E-state index in [2.05, 4.69) is 27.3 Å². The SMILES string of the molecule is Cc1cc(C(=O)Nc2nc3c(s2)CN(Cc2ccccc2)CC3)cc(S(=O)(=O)N(C)C)c1C. The number of benzene rings is 2. The predicted octanol–water partition coefficient (Wildman–Crippen LogP) is 3.82. The molecule has 4 rings (SSSR count). The van der Waals surface area contributed by atoms with E-state index in [-0.39, 0.29) is 10.8 Å². The second-order valence-electron chi connectivity index (χ2n) is 8.49. The Morgan fingerprint density at radius 3 is 2.61 bits per heavy atom. The monoisotopic (exact) mass is 484 g/mol. The van der Waals surface area contributed by atoms with Gasteiger partial charge in [-0.25, -0.2) is 17.7 Å². The molecule has 0 atom stereocenters. The average Bonchev–Trinajstić information content (AvgIpc) is 3.17. The van der Waals surface area contributed by atoms with E-state index in [0.717, 1.165) is 46.5 Å². The minimum atomic E-state index is -3.66. The Labute approximate surface area is 199 Å². The van der Waals surface area contributed by atoms with E-state index in [0.29, 0.717) is 16.3 Å². The molecule has 0 bridgehead atoms. The highest BCUT2D eigenvalue weighted by Gasteiger charge is 2.25.